The molecule has 1 aliphatic heterocycles. The Bertz CT molecular complexity index is 1180. The molecule has 1 saturated heterocycles. The molecule has 1 fully saturated rings. The maximum Gasteiger partial charge on any atom is 0.257 e. The predicted octanol–water partition coefficient (Wildman–Crippen LogP) is 3.96. The number of para-hydroxylation sites is 1. The van der Waals surface area contributed by atoms with E-state index in [1.807, 2.05) is 39.8 Å². The molecular formula is C23H29N5O5S. The number of nitrogens with zero attached hydrogens (tertiary/aromatic N) is 3. The second-order valence-electron chi connectivity index (χ2n) is 9.52. The van der Waals surface area contributed by atoms with E-state index in [0.29, 0.717) is 18.7 Å². The molecule has 1 aliphatic rings. The Morgan fingerprint density at radius 1 is 1.26 bits per heavy atom. The predicted molar refractivity (Wildman–Crippen MR) is 128 cm³/mol. The summed E-state index contributed by atoms with van der Waals surface area (Å²) in [4.78, 5) is 14.3. The van der Waals surface area contributed by atoms with E-state index in [9.17, 15) is 19.6 Å². The molecule has 4 rings (SSSR count). The van der Waals surface area contributed by atoms with E-state index in [1.54, 1.807) is 12.1 Å². The SMILES string of the molecule is Cc1ccc(C(Nc2n[s+]([O-])nc2Nc2cccc(C(=O)N3CC[C@@H](O)C3)c2O)C(C)(C)C)o1. The van der Waals surface area contributed by atoms with Crippen LogP contribution in [0.2, 0.25) is 0 Å². The number of amides is 1. The van der Waals surface area contributed by atoms with Gasteiger partial charge in [0, 0.05) is 21.8 Å². The van der Waals surface area contributed by atoms with Gasteiger partial charge in [0.05, 0.1) is 23.4 Å². The van der Waals surface area contributed by atoms with Gasteiger partial charge in [-0.15, -0.1) is 0 Å². The Hall–Kier alpha value is -3.15. The molecule has 0 saturated carbocycles. The number of likely N-dealkylation sites (tertiary alicyclic amines) is 1. The first-order valence-corrected chi connectivity index (χ1v) is 12.1. The van der Waals surface area contributed by atoms with Crippen molar-refractivity contribution in [2.75, 3.05) is 23.7 Å². The maximum absolute atomic E-state index is 12.8. The topological polar surface area (TPSA) is 147 Å². The number of carbonyl (C=O) groups excluding carboxylic acids is 1. The van der Waals surface area contributed by atoms with Crippen LogP contribution < -0.4 is 10.6 Å². The zero-order valence-corrected chi connectivity index (χ0v) is 20.3. The monoisotopic (exact) mass is 487 g/mol. The molecule has 3 atom stereocenters. The van der Waals surface area contributed by atoms with Gasteiger partial charge in [-0.3, -0.25) is 4.79 Å². The lowest BCUT2D eigenvalue weighted by atomic mass is 9.85. The number of nitrogens with one attached hydrogen (secondary N) is 2. The molecule has 11 heteroatoms. The number of aliphatic hydroxyl groups excluding tert-OH is 1. The minimum absolute atomic E-state index is 0.101. The minimum atomic E-state index is -1.84. The molecule has 182 valence electrons. The normalized spacial score (nSPS) is 17.6. The van der Waals surface area contributed by atoms with Gasteiger partial charge in [0.2, 0.25) is 11.6 Å². The summed E-state index contributed by atoms with van der Waals surface area (Å²) < 4.78 is 26.1. The summed E-state index contributed by atoms with van der Waals surface area (Å²) in [6.45, 7) is 8.62. The van der Waals surface area contributed by atoms with Crippen LogP contribution in [0, 0.1) is 12.3 Å². The molecule has 3 heterocycles. The number of aliphatic hydroxyl groups is 1. The largest absolute Gasteiger partial charge is 0.546 e. The molecule has 4 N–H and O–H groups in total. The van der Waals surface area contributed by atoms with Crippen molar-refractivity contribution in [3.63, 3.8) is 0 Å². The Labute approximate surface area is 200 Å². The highest BCUT2D eigenvalue weighted by Gasteiger charge is 2.32. The van der Waals surface area contributed by atoms with Crippen molar-refractivity contribution in [1.82, 2.24) is 13.6 Å². The maximum atomic E-state index is 12.8. The zero-order valence-electron chi connectivity index (χ0n) is 19.5. The number of aryl methyl sites for hydroxylation is 1. The fourth-order valence-corrected chi connectivity index (χ4v) is 4.57. The summed E-state index contributed by atoms with van der Waals surface area (Å²) in [5.74, 6) is 1.27. The van der Waals surface area contributed by atoms with Gasteiger partial charge in [0.1, 0.15) is 11.5 Å². The molecule has 3 aromatic rings. The van der Waals surface area contributed by atoms with Crippen molar-refractivity contribution in [3.05, 3.63) is 47.4 Å². The summed E-state index contributed by atoms with van der Waals surface area (Å²) in [5.41, 5.74) is 0.0411. The number of hydrogen-bond acceptors (Lipinski definition) is 9. The van der Waals surface area contributed by atoms with Crippen LogP contribution in [0.1, 0.15) is 55.1 Å². The number of furan rings is 1. The van der Waals surface area contributed by atoms with Crippen LogP contribution >= 0.6 is 11.1 Å². The summed E-state index contributed by atoms with van der Waals surface area (Å²) in [6.07, 6.45) is -0.0586. The summed E-state index contributed by atoms with van der Waals surface area (Å²) in [7, 11) is 0. The van der Waals surface area contributed by atoms with Gasteiger partial charge >= 0.3 is 0 Å². The molecule has 2 unspecified atom stereocenters. The van der Waals surface area contributed by atoms with Crippen LogP contribution in [0.3, 0.4) is 0 Å². The number of phenols is 1. The van der Waals surface area contributed by atoms with Gasteiger partial charge in [-0.2, -0.15) is 0 Å². The van der Waals surface area contributed by atoms with E-state index in [2.05, 4.69) is 19.4 Å². The van der Waals surface area contributed by atoms with E-state index < -0.39 is 17.2 Å². The quantitative estimate of drug-likeness (QED) is 0.299. The van der Waals surface area contributed by atoms with Crippen molar-refractivity contribution in [2.45, 2.75) is 46.3 Å². The fourth-order valence-electron chi connectivity index (χ4n) is 3.94. The highest BCUT2D eigenvalue weighted by molar-refractivity contribution is 7.14. The van der Waals surface area contributed by atoms with Crippen LogP contribution in [0.25, 0.3) is 0 Å². The summed E-state index contributed by atoms with van der Waals surface area (Å²) in [5, 5.41) is 26.8. The number of β-amino-alcohol motifs (C(OH)–C–C–N with tert-alkyl or cyclic N) is 1. The first-order chi connectivity index (χ1) is 16.0. The van der Waals surface area contributed by atoms with Gasteiger partial charge in [0.15, 0.2) is 16.9 Å². The number of benzene rings is 1. The first kappa shape index (κ1) is 24.0. The lowest BCUT2D eigenvalue weighted by Crippen LogP contribution is -2.29. The first-order valence-electron chi connectivity index (χ1n) is 11.0. The van der Waals surface area contributed by atoms with E-state index in [4.69, 9.17) is 4.42 Å². The number of phenolic OH excluding ortho intramolecular Hbond substituents is 1. The highest BCUT2D eigenvalue weighted by atomic mass is 32.2. The van der Waals surface area contributed by atoms with E-state index in [-0.39, 0.29) is 52.5 Å². The van der Waals surface area contributed by atoms with Crippen molar-refractivity contribution in [2.24, 2.45) is 5.41 Å². The van der Waals surface area contributed by atoms with Crippen molar-refractivity contribution in [1.29, 1.82) is 0 Å². The number of hydrogen-bond donors (Lipinski definition) is 4. The molecule has 1 aromatic carbocycles. The number of rotatable bonds is 6. The Kier molecular flexibility index (Phi) is 6.52. The van der Waals surface area contributed by atoms with Crippen LogP contribution in [-0.2, 0) is 0 Å². The molecular weight excluding hydrogens is 458 g/mol. The van der Waals surface area contributed by atoms with Crippen molar-refractivity contribution < 1.29 is 24.0 Å². The lowest BCUT2D eigenvalue weighted by Gasteiger charge is -2.29. The van der Waals surface area contributed by atoms with Gasteiger partial charge in [0.25, 0.3) is 5.91 Å². The van der Waals surface area contributed by atoms with Gasteiger partial charge in [-0.25, -0.2) is 0 Å². The smallest absolute Gasteiger partial charge is 0.257 e. The molecule has 0 bridgehead atoms. The third-order valence-electron chi connectivity index (χ3n) is 5.73. The van der Waals surface area contributed by atoms with Crippen molar-refractivity contribution in [3.8, 4) is 5.75 Å². The average molecular weight is 488 g/mol. The highest BCUT2D eigenvalue weighted by Crippen LogP contribution is 2.40. The molecule has 10 nitrogen and oxygen atoms in total. The molecule has 2 aromatic heterocycles. The average Bonchev–Trinajstić information content (AvgIpc) is 3.46. The summed E-state index contributed by atoms with van der Waals surface area (Å²) >= 11 is -1.84. The molecule has 0 spiro atoms. The Balaban J connectivity index is 1.61. The van der Waals surface area contributed by atoms with E-state index in [0.717, 1.165) is 5.76 Å². The third-order valence-corrected chi connectivity index (χ3v) is 6.40. The Morgan fingerprint density at radius 3 is 2.62 bits per heavy atom. The second kappa shape index (κ2) is 9.24. The van der Waals surface area contributed by atoms with Crippen LogP contribution in [0.5, 0.6) is 5.75 Å². The van der Waals surface area contributed by atoms with Gasteiger partial charge in [-0.1, -0.05) is 26.8 Å². The minimum Gasteiger partial charge on any atom is -0.546 e. The number of anilines is 3. The lowest BCUT2D eigenvalue weighted by molar-refractivity contribution is 0.0762. The molecule has 0 aliphatic carbocycles. The standard InChI is InChI=1S/C23H29N5O5S/c1-13-8-9-17(33-13)19(23(2,3)4)25-21-20(26-34(32)27-21)24-16-7-5-6-15(18(16)30)22(31)28-11-10-14(29)12-28/h5-9,14,19,29-30H,10-12H2,1-4H3,(H,24,26)(H,25,27)/t14-,19?,34?/m1/s1. The zero-order chi connectivity index (χ0) is 24.6. The van der Waals surface area contributed by atoms with E-state index >= 15 is 0 Å². The van der Waals surface area contributed by atoms with Crippen molar-refractivity contribution >= 4 is 34.4 Å². The number of aromatic hydroxyl groups is 1. The molecule has 0 radical (unpaired) electrons. The van der Waals surface area contributed by atoms with Crippen LogP contribution in [0.4, 0.5) is 17.3 Å². The van der Waals surface area contributed by atoms with Gasteiger partial charge in [-0.05, 0) is 43.0 Å². The number of carbonyl (C=O) groups is 1. The third kappa shape index (κ3) is 5.01. The fraction of sp³-hybridized carbons (Fsp3) is 0.435. The van der Waals surface area contributed by atoms with Gasteiger partial charge < -0.3 is 34.7 Å². The molecule has 1 amide bonds. The van der Waals surface area contributed by atoms with E-state index in [1.165, 1.54) is 11.0 Å². The van der Waals surface area contributed by atoms with Crippen LogP contribution in [0.15, 0.2) is 34.7 Å². The summed E-state index contributed by atoms with van der Waals surface area (Å²) in [6, 6.07) is 8.18. The second-order valence-corrected chi connectivity index (χ2v) is 10.3. The van der Waals surface area contributed by atoms with Crippen LogP contribution in [-0.4, -0.2) is 53.5 Å². The Morgan fingerprint density at radius 2 is 2.00 bits per heavy atom. The number of aromatic nitrogens is 2. The molecule has 34 heavy (non-hydrogen) atoms.